The van der Waals surface area contributed by atoms with Crippen LogP contribution in [-0.4, -0.2) is 11.1 Å². The van der Waals surface area contributed by atoms with E-state index in [0.717, 1.165) is 18.7 Å². The molecule has 0 aromatic carbocycles. The molecule has 1 aromatic heterocycles. The highest BCUT2D eigenvalue weighted by Gasteiger charge is 2.02. The van der Waals surface area contributed by atoms with Crippen molar-refractivity contribution in [1.82, 2.24) is 5.32 Å². The highest BCUT2D eigenvalue weighted by molar-refractivity contribution is 5.06. The minimum absolute atomic E-state index is 0.0245. The summed E-state index contributed by atoms with van der Waals surface area (Å²) in [4.78, 5) is 0. The van der Waals surface area contributed by atoms with E-state index in [1.807, 2.05) is 6.07 Å². The normalized spacial score (nSPS) is 13.2. The second-order valence-electron chi connectivity index (χ2n) is 3.22. The van der Waals surface area contributed by atoms with Crippen molar-refractivity contribution in [1.29, 1.82) is 0 Å². The molecule has 3 nitrogen and oxygen atoms in total. The zero-order chi connectivity index (χ0) is 9.68. The van der Waals surface area contributed by atoms with E-state index in [0.29, 0.717) is 11.8 Å². The summed E-state index contributed by atoms with van der Waals surface area (Å²) in [6.07, 6.45) is 1.10. The van der Waals surface area contributed by atoms with Crippen LogP contribution in [0.1, 0.15) is 31.8 Å². The summed E-state index contributed by atoms with van der Waals surface area (Å²) in [6, 6.07) is 4.19. The summed E-state index contributed by atoms with van der Waals surface area (Å²) < 4.78 is 5.32. The maximum absolute atomic E-state index is 8.76. The van der Waals surface area contributed by atoms with E-state index in [1.54, 1.807) is 6.07 Å². The van der Waals surface area contributed by atoms with Crippen LogP contribution >= 0.6 is 0 Å². The van der Waals surface area contributed by atoms with Gasteiger partial charge in [0.1, 0.15) is 18.1 Å². The van der Waals surface area contributed by atoms with Crippen molar-refractivity contribution < 1.29 is 9.52 Å². The van der Waals surface area contributed by atoms with Crippen LogP contribution in [0.25, 0.3) is 0 Å². The van der Waals surface area contributed by atoms with Crippen molar-refractivity contribution in [2.75, 3.05) is 0 Å². The molecule has 1 rings (SSSR count). The maximum atomic E-state index is 8.76. The van der Waals surface area contributed by atoms with Gasteiger partial charge in [0.2, 0.25) is 0 Å². The van der Waals surface area contributed by atoms with Gasteiger partial charge in [-0.05, 0) is 25.5 Å². The van der Waals surface area contributed by atoms with Crippen LogP contribution in [0.5, 0.6) is 0 Å². The van der Waals surface area contributed by atoms with Crippen LogP contribution in [0.15, 0.2) is 16.5 Å². The highest BCUT2D eigenvalue weighted by atomic mass is 16.4. The Labute approximate surface area is 78.8 Å². The lowest BCUT2D eigenvalue weighted by atomic mass is 10.2. The monoisotopic (exact) mass is 183 g/mol. The van der Waals surface area contributed by atoms with Gasteiger partial charge < -0.3 is 14.8 Å². The lowest BCUT2D eigenvalue weighted by molar-refractivity contribution is 0.242. The molecule has 0 spiro atoms. The highest BCUT2D eigenvalue weighted by Crippen LogP contribution is 2.07. The van der Waals surface area contributed by atoms with Crippen molar-refractivity contribution in [3.8, 4) is 0 Å². The topological polar surface area (TPSA) is 45.4 Å². The van der Waals surface area contributed by atoms with Gasteiger partial charge in [-0.25, -0.2) is 0 Å². The third kappa shape index (κ3) is 3.20. The number of aliphatic hydroxyl groups is 1. The Morgan fingerprint density at radius 2 is 2.15 bits per heavy atom. The number of rotatable bonds is 5. The van der Waals surface area contributed by atoms with Crippen molar-refractivity contribution in [2.45, 2.75) is 39.5 Å². The molecule has 0 saturated carbocycles. The van der Waals surface area contributed by atoms with E-state index in [2.05, 4.69) is 19.2 Å². The molecule has 0 amide bonds. The van der Waals surface area contributed by atoms with Crippen molar-refractivity contribution in [2.24, 2.45) is 0 Å². The Hall–Kier alpha value is -0.800. The van der Waals surface area contributed by atoms with Crippen molar-refractivity contribution in [3.63, 3.8) is 0 Å². The number of furan rings is 1. The summed E-state index contributed by atoms with van der Waals surface area (Å²) in [7, 11) is 0. The van der Waals surface area contributed by atoms with Gasteiger partial charge in [-0.15, -0.1) is 0 Å². The maximum Gasteiger partial charge on any atom is 0.129 e. The molecule has 0 unspecified atom stereocenters. The molecule has 0 aliphatic heterocycles. The molecule has 1 atom stereocenters. The first kappa shape index (κ1) is 10.3. The van der Waals surface area contributed by atoms with Gasteiger partial charge in [0.25, 0.3) is 0 Å². The first-order valence-corrected chi connectivity index (χ1v) is 4.68. The van der Waals surface area contributed by atoms with Crippen molar-refractivity contribution >= 4 is 0 Å². The first-order valence-electron chi connectivity index (χ1n) is 4.68. The fourth-order valence-corrected chi connectivity index (χ4v) is 1.02. The van der Waals surface area contributed by atoms with E-state index < -0.39 is 0 Å². The molecule has 0 bridgehead atoms. The molecule has 0 saturated heterocycles. The largest absolute Gasteiger partial charge is 0.462 e. The van der Waals surface area contributed by atoms with Crippen molar-refractivity contribution in [3.05, 3.63) is 23.7 Å². The number of hydrogen-bond acceptors (Lipinski definition) is 3. The van der Waals surface area contributed by atoms with Crippen LogP contribution in [-0.2, 0) is 13.2 Å². The van der Waals surface area contributed by atoms with E-state index in [1.165, 1.54) is 0 Å². The first-order chi connectivity index (χ1) is 6.26. The number of nitrogens with one attached hydrogen (secondary N) is 1. The average molecular weight is 183 g/mol. The summed E-state index contributed by atoms with van der Waals surface area (Å²) in [5.74, 6) is 1.50. The van der Waals surface area contributed by atoms with Crippen LogP contribution in [0.2, 0.25) is 0 Å². The van der Waals surface area contributed by atoms with Crippen LogP contribution in [0, 0.1) is 0 Å². The number of hydrogen-bond donors (Lipinski definition) is 2. The molecule has 0 radical (unpaired) electrons. The summed E-state index contributed by atoms with van der Waals surface area (Å²) >= 11 is 0. The van der Waals surface area contributed by atoms with Gasteiger partial charge in [0.15, 0.2) is 0 Å². The molecule has 1 aromatic rings. The summed E-state index contributed by atoms with van der Waals surface area (Å²) in [6.45, 7) is 4.98. The quantitative estimate of drug-likeness (QED) is 0.729. The second kappa shape index (κ2) is 5.04. The van der Waals surface area contributed by atoms with Gasteiger partial charge in [-0.3, -0.25) is 0 Å². The predicted molar refractivity (Wildman–Crippen MR) is 51.2 cm³/mol. The van der Waals surface area contributed by atoms with Gasteiger partial charge in [-0.2, -0.15) is 0 Å². The lowest BCUT2D eigenvalue weighted by Gasteiger charge is -2.08. The van der Waals surface area contributed by atoms with E-state index in [9.17, 15) is 0 Å². The standard InChI is InChI=1S/C10H17NO2/c1-3-8(2)11-6-9-4-5-10(7-12)13-9/h4-5,8,11-12H,3,6-7H2,1-2H3/t8-/m0/s1. The molecule has 13 heavy (non-hydrogen) atoms. The van der Waals surface area contributed by atoms with E-state index in [4.69, 9.17) is 9.52 Å². The minimum Gasteiger partial charge on any atom is -0.462 e. The Kier molecular flexibility index (Phi) is 3.99. The Balaban J connectivity index is 2.36. The molecule has 0 aliphatic rings. The van der Waals surface area contributed by atoms with Gasteiger partial charge in [-0.1, -0.05) is 6.92 Å². The molecule has 0 aliphatic carbocycles. The smallest absolute Gasteiger partial charge is 0.129 e. The number of aliphatic hydroxyl groups excluding tert-OH is 1. The van der Waals surface area contributed by atoms with E-state index in [-0.39, 0.29) is 6.61 Å². The molecular weight excluding hydrogens is 166 g/mol. The molecule has 1 heterocycles. The molecular formula is C10H17NO2. The molecule has 3 heteroatoms. The molecule has 2 N–H and O–H groups in total. The summed E-state index contributed by atoms with van der Waals surface area (Å²) in [5.41, 5.74) is 0. The van der Waals surface area contributed by atoms with E-state index >= 15 is 0 Å². The fraction of sp³-hybridized carbons (Fsp3) is 0.600. The Morgan fingerprint density at radius 1 is 1.46 bits per heavy atom. The third-order valence-corrected chi connectivity index (χ3v) is 2.11. The lowest BCUT2D eigenvalue weighted by Crippen LogP contribution is -2.24. The van der Waals surface area contributed by atoms with Crippen LogP contribution in [0.4, 0.5) is 0 Å². The summed E-state index contributed by atoms with van der Waals surface area (Å²) in [5, 5.41) is 12.1. The fourth-order valence-electron chi connectivity index (χ4n) is 1.02. The third-order valence-electron chi connectivity index (χ3n) is 2.11. The molecule has 74 valence electrons. The zero-order valence-corrected chi connectivity index (χ0v) is 8.21. The van der Waals surface area contributed by atoms with Crippen LogP contribution in [0.3, 0.4) is 0 Å². The predicted octanol–water partition coefficient (Wildman–Crippen LogP) is 1.66. The average Bonchev–Trinajstić information content (AvgIpc) is 2.61. The van der Waals surface area contributed by atoms with Crippen LogP contribution < -0.4 is 5.32 Å². The molecule has 0 fully saturated rings. The van der Waals surface area contributed by atoms with Gasteiger partial charge in [0, 0.05) is 6.04 Å². The SMILES string of the molecule is CC[C@H](C)NCc1ccc(CO)o1. The Morgan fingerprint density at radius 3 is 2.69 bits per heavy atom. The van der Waals surface area contributed by atoms with Gasteiger partial charge >= 0.3 is 0 Å². The van der Waals surface area contributed by atoms with Gasteiger partial charge in [0.05, 0.1) is 6.54 Å². The minimum atomic E-state index is -0.0245. The Bertz CT molecular complexity index is 245. The second-order valence-corrected chi connectivity index (χ2v) is 3.22. The zero-order valence-electron chi connectivity index (χ0n) is 8.21.